The SMILES string of the molecule is CN(C)c1ccc(NC(=O)c2ccc(-c3cccc(C(F)(F)F)c3)o2)cc1. The van der Waals surface area contributed by atoms with Crippen LogP contribution in [0.15, 0.2) is 65.1 Å². The Morgan fingerprint density at radius 1 is 1.00 bits per heavy atom. The third kappa shape index (κ3) is 4.31. The number of benzene rings is 2. The molecule has 0 aliphatic carbocycles. The lowest BCUT2D eigenvalue weighted by atomic mass is 10.1. The van der Waals surface area contributed by atoms with Crippen LogP contribution >= 0.6 is 0 Å². The van der Waals surface area contributed by atoms with Gasteiger partial charge in [0, 0.05) is 31.0 Å². The molecule has 0 spiro atoms. The number of carbonyl (C=O) groups is 1. The normalized spacial score (nSPS) is 11.3. The van der Waals surface area contributed by atoms with Crippen LogP contribution in [0, 0.1) is 0 Å². The summed E-state index contributed by atoms with van der Waals surface area (Å²) in [6, 6.07) is 14.9. The Bertz CT molecular complexity index is 944. The minimum Gasteiger partial charge on any atom is -0.451 e. The third-order valence-corrected chi connectivity index (χ3v) is 3.95. The second kappa shape index (κ2) is 7.19. The van der Waals surface area contributed by atoms with E-state index in [0.29, 0.717) is 5.69 Å². The number of rotatable bonds is 4. The molecule has 1 aromatic heterocycles. The van der Waals surface area contributed by atoms with Gasteiger partial charge in [0.2, 0.25) is 0 Å². The quantitative estimate of drug-likeness (QED) is 0.675. The summed E-state index contributed by atoms with van der Waals surface area (Å²) in [6.07, 6.45) is -4.44. The second-order valence-electron chi connectivity index (χ2n) is 6.14. The van der Waals surface area contributed by atoms with Crippen LogP contribution < -0.4 is 10.2 Å². The zero-order valence-corrected chi connectivity index (χ0v) is 14.7. The highest BCUT2D eigenvalue weighted by Crippen LogP contribution is 2.32. The van der Waals surface area contributed by atoms with Gasteiger partial charge in [-0.1, -0.05) is 12.1 Å². The molecular weight excluding hydrogens is 357 g/mol. The first kappa shape index (κ1) is 18.6. The van der Waals surface area contributed by atoms with Crippen molar-refractivity contribution in [1.29, 1.82) is 0 Å². The van der Waals surface area contributed by atoms with Gasteiger partial charge in [0.1, 0.15) is 5.76 Å². The van der Waals surface area contributed by atoms with E-state index in [-0.39, 0.29) is 17.1 Å². The Kier molecular flexibility index (Phi) is 4.94. The number of amides is 1. The number of anilines is 2. The maximum atomic E-state index is 12.8. The Balaban J connectivity index is 1.76. The smallest absolute Gasteiger partial charge is 0.416 e. The average molecular weight is 374 g/mol. The number of carbonyl (C=O) groups excluding carboxylic acids is 1. The van der Waals surface area contributed by atoms with Crippen LogP contribution in [0.1, 0.15) is 16.1 Å². The zero-order chi connectivity index (χ0) is 19.6. The van der Waals surface area contributed by atoms with E-state index in [9.17, 15) is 18.0 Å². The van der Waals surface area contributed by atoms with E-state index in [1.807, 2.05) is 31.1 Å². The number of halogens is 3. The first-order valence-electron chi connectivity index (χ1n) is 8.10. The van der Waals surface area contributed by atoms with Gasteiger partial charge in [0.25, 0.3) is 5.91 Å². The van der Waals surface area contributed by atoms with Gasteiger partial charge in [-0.05, 0) is 48.5 Å². The standard InChI is InChI=1S/C20H17F3N2O2/c1-25(2)16-8-6-15(7-9-16)24-19(26)18-11-10-17(27-18)13-4-3-5-14(12-13)20(21,22)23/h3-12H,1-2H3,(H,24,26). The molecule has 0 aliphatic heterocycles. The molecule has 3 aromatic rings. The van der Waals surface area contributed by atoms with E-state index in [0.717, 1.165) is 17.8 Å². The van der Waals surface area contributed by atoms with Gasteiger partial charge in [0.05, 0.1) is 5.56 Å². The van der Waals surface area contributed by atoms with Gasteiger partial charge in [-0.25, -0.2) is 0 Å². The Morgan fingerprint density at radius 2 is 1.70 bits per heavy atom. The molecule has 7 heteroatoms. The molecule has 27 heavy (non-hydrogen) atoms. The number of furan rings is 1. The Labute approximate surface area is 154 Å². The molecular formula is C20H17F3N2O2. The summed E-state index contributed by atoms with van der Waals surface area (Å²) >= 11 is 0. The lowest BCUT2D eigenvalue weighted by Crippen LogP contribution is -2.12. The molecule has 1 N–H and O–H groups in total. The molecule has 0 fully saturated rings. The summed E-state index contributed by atoms with van der Waals surface area (Å²) < 4.78 is 44.0. The lowest BCUT2D eigenvalue weighted by molar-refractivity contribution is -0.137. The number of nitrogens with zero attached hydrogens (tertiary/aromatic N) is 1. The summed E-state index contributed by atoms with van der Waals surface area (Å²) in [5.74, 6) is -0.279. The van der Waals surface area contributed by atoms with Crippen LogP contribution in [0.25, 0.3) is 11.3 Å². The zero-order valence-electron chi connectivity index (χ0n) is 14.7. The lowest BCUT2D eigenvalue weighted by Gasteiger charge is -2.12. The molecule has 0 unspecified atom stereocenters. The largest absolute Gasteiger partial charge is 0.451 e. The minimum absolute atomic E-state index is 0.0131. The maximum absolute atomic E-state index is 12.8. The molecule has 1 heterocycles. The molecule has 2 aromatic carbocycles. The predicted molar refractivity (Wildman–Crippen MR) is 97.9 cm³/mol. The monoisotopic (exact) mass is 374 g/mol. The fraction of sp³-hybridized carbons (Fsp3) is 0.150. The molecule has 1 amide bonds. The van der Waals surface area contributed by atoms with Crippen LogP contribution in [-0.4, -0.2) is 20.0 Å². The number of nitrogens with one attached hydrogen (secondary N) is 1. The number of alkyl halides is 3. The third-order valence-electron chi connectivity index (χ3n) is 3.95. The van der Waals surface area contributed by atoms with Gasteiger partial charge in [0.15, 0.2) is 5.76 Å². The molecule has 0 aliphatic rings. The maximum Gasteiger partial charge on any atom is 0.416 e. The van der Waals surface area contributed by atoms with Crippen molar-refractivity contribution in [2.75, 3.05) is 24.3 Å². The van der Waals surface area contributed by atoms with Crippen molar-refractivity contribution in [3.8, 4) is 11.3 Å². The fourth-order valence-corrected chi connectivity index (χ4v) is 2.50. The van der Waals surface area contributed by atoms with Gasteiger partial charge in [-0.15, -0.1) is 0 Å². The highest BCUT2D eigenvalue weighted by atomic mass is 19.4. The molecule has 4 nitrogen and oxygen atoms in total. The van der Waals surface area contributed by atoms with Gasteiger partial charge >= 0.3 is 6.18 Å². The molecule has 140 valence electrons. The van der Waals surface area contributed by atoms with Crippen molar-refractivity contribution in [1.82, 2.24) is 0 Å². The van der Waals surface area contributed by atoms with Crippen molar-refractivity contribution in [2.24, 2.45) is 0 Å². The van der Waals surface area contributed by atoms with E-state index in [1.54, 1.807) is 12.1 Å². The number of hydrogen-bond acceptors (Lipinski definition) is 3. The first-order chi connectivity index (χ1) is 12.7. The van der Waals surface area contributed by atoms with E-state index >= 15 is 0 Å². The summed E-state index contributed by atoms with van der Waals surface area (Å²) in [4.78, 5) is 14.2. The first-order valence-corrected chi connectivity index (χ1v) is 8.10. The van der Waals surface area contributed by atoms with E-state index < -0.39 is 17.6 Å². The molecule has 3 rings (SSSR count). The molecule has 0 radical (unpaired) electrons. The fourth-order valence-electron chi connectivity index (χ4n) is 2.50. The van der Waals surface area contributed by atoms with Crippen LogP contribution in [-0.2, 0) is 6.18 Å². The molecule has 0 atom stereocenters. The highest BCUT2D eigenvalue weighted by Gasteiger charge is 2.30. The van der Waals surface area contributed by atoms with Crippen molar-refractivity contribution in [2.45, 2.75) is 6.18 Å². The van der Waals surface area contributed by atoms with Crippen molar-refractivity contribution >= 4 is 17.3 Å². The minimum atomic E-state index is -4.44. The molecule has 0 saturated heterocycles. The van der Waals surface area contributed by atoms with Crippen LogP contribution in [0.2, 0.25) is 0 Å². The Hall–Kier alpha value is -3.22. The molecule has 0 saturated carbocycles. The average Bonchev–Trinajstić information content (AvgIpc) is 3.12. The molecule has 0 bridgehead atoms. The Morgan fingerprint density at radius 3 is 2.33 bits per heavy atom. The van der Waals surface area contributed by atoms with E-state index in [2.05, 4.69) is 5.32 Å². The summed E-state index contributed by atoms with van der Waals surface area (Å²) in [7, 11) is 3.82. The van der Waals surface area contributed by atoms with Gasteiger partial charge in [-0.2, -0.15) is 13.2 Å². The van der Waals surface area contributed by atoms with Crippen LogP contribution in [0.4, 0.5) is 24.5 Å². The van der Waals surface area contributed by atoms with Crippen molar-refractivity contribution < 1.29 is 22.4 Å². The summed E-state index contributed by atoms with van der Waals surface area (Å²) in [5, 5.41) is 2.69. The van der Waals surface area contributed by atoms with E-state index in [4.69, 9.17) is 4.42 Å². The summed E-state index contributed by atoms with van der Waals surface area (Å²) in [5.41, 5.74) is 1.04. The predicted octanol–water partition coefficient (Wildman–Crippen LogP) is 5.28. The second-order valence-corrected chi connectivity index (χ2v) is 6.14. The van der Waals surface area contributed by atoms with Crippen molar-refractivity contribution in [3.05, 3.63) is 72.0 Å². The topological polar surface area (TPSA) is 45.5 Å². The number of hydrogen-bond donors (Lipinski definition) is 1. The van der Waals surface area contributed by atoms with Crippen molar-refractivity contribution in [3.63, 3.8) is 0 Å². The van der Waals surface area contributed by atoms with Crippen LogP contribution in [0.3, 0.4) is 0 Å². The summed E-state index contributed by atoms with van der Waals surface area (Å²) in [6.45, 7) is 0. The van der Waals surface area contributed by atoms with Gasteiger partial charge < -0.3 is 14.6 Å². The van der Waals surface area contributed by atoms with Gasteiger partial charge in [-0.3, -0.25) is 4.79 Å². The highest BCUT2D eigenvalue weighted by molar-refractivity contribution is 6.02. The van der Waals surface area contributed by atoms with Crippen LogP contribution in [0.5, 0.6) is 0 Å². The van der Waals surface area contributed by atoms with E-state index in [1.165, 1.54) is 24.3 Å².